The van der Waals surface area contributed by atoms with Gasteiger partial charge in [0, 0.05) is 17.1 Å². The largest absolute Gasteiger partial charge is 0.480 e. The molecule has 4 heteroatoms. The van der Waals surface area contributed by atoms with Crippen molar-refractivity contribution in [3.63, 3.8) is 0 Å². The second-order valence-electron chi connectivity index (χ2n) is 4.69. The molecular weight excluding hydrogens is 320 g/mol. The van der Waals surface area contributed by atoms with Gasteiger partial charge in [-0.05, 0) is 31.2 Å². The molecule has 0 saturated carbocycles. The Morgan fingerprint density at radius 2 is 1.70 bits per heavy atom. The molecule has 3 nitrogen and oxygen atoms in total. The summed E-state index contributed by atoms with van der Waals surface area (Å²) in [4.78, 5) is 0. The number of rotatable bonds is 2. The number of benzene rings is 2. The van der Waals surface area contributed by atoms with Crippen molar-refractivity contribution in [1.29, 1.82) is 0 Å². The standard InChI is InChI=1S/C16H15BrO3/c1-11-16(18-2,12-7-9-13(17)10-8-12)20-15-6-4-3-5-14(15)19-11/h3-11H,1-2H3. The number of ether oxygens (including phenoxy) is 3. The van der Waals surface area contributed by atoms with Crippen LogP contribution in [-0.4, -0.2) is 13.2 Å². The summed E-state index contributed by atoms with van der Waals surface area (Å²) >= 11 is 3.44. The molecule has 2 unspecified atom stereocenters. The molecule has 0 bridgehead atoms. The Morgan fingerprint density at radius 1 is 1.05 bits per heavy atom. The van der Waals surface area contributed by atoms with Crippen molar-refractivity contribution in [3.8, 4) is 11.5 Å². The lowest BCUT2D eigenvalue weighted by atomic mass is 9.99. The molecule has 0 aromatic heterocycles. The van der Waals surface area contributed by atoms with Crippen LogP contribution in [0.5, 0.6) is 11.5 Å². The highest BCUT2D eigenvalue weighted by atomic mass is 79.9. The molecule has 3 rings (SSSR count). The van der Waals surface area contributed by atoms with Gasteiger partial charge in [-0.1, -0.05) is 40.2 Å². The van der Waals surface area contributed by atoms with E-state index in [4.69, 9.17) is 14.2 Å². The van der Waals surface area contributed by atoms with Crippen LogP contribution >= 0.6 is 15.9 Å². The SMILES string of the molecule is COC1(c2ccc(Br)cc2)Oc2ccccc2OC1C. The highest BCUT2D eigenvalue weighted by Crippen LogP contribution is 2.43. The minimum atomic E-state index is -0.935. The molecule has 1 aliphatic rings. The van der Waals surface area contributed by atoms with Gasteiger partial charge in [0.15, 0.2) is 17.6 Å². The van der Waals surface area contributed by atoms with Crippen LogP contribution in [0.4, 0.5) is 0 Å². The van der Waals surface area contributed by atoms with Gasteiger partial charge in [0.1, 0.15) is 0 Å². The minimum absolute atomic E-state index is 0.261. The van der Waals surface area contributed by atoms with Gasteiger partial charge in [-0.25, -0.2) is 0 Å². The van der Waals surface area contributed by atoms with Gasteiger partial charge in [0.05, 0.1) is 0 Å². The maximum atomic E-state index is 6.14. The van der Waals surface area contributed by atoms with E-state index in [0.29, 0.717) is 5.75 Å². The Morgan fingerprint density at radius 3 is 2.35 bits per heavy atom. The Bertz CT molecular complexity index is 611. The molecule has 2 aromatic carbocycles. The first-order valence-electron chi connectivity index (χ1n) is 6.41. The van der Waals surface area contributed by atoms with Crippen molar-refractivity contribution in [2.45, 2.75) is 18.8 Å². The number of fused-ring (bicyclic) bond motifs is 1. The summed E-state index contributed by atoms with van der Waals surface area (Å²) in [6, 6.07) is 15.5. The summed E-state index contributed by atoms with van der Waals surface area (Å²) in [5.41, 5.74) is 0.921. The third-order valence-corrected chi connectivity index (χ3v) is 4.03. The second kappa shape index (κ2) is 5.11. The van der Waals surface area contributed by atoms with Gasteiger partial charge in [-0.3, -0.25) is 0 Å². The van der Waals surface area contributed by atoms with Crippen LogP contribution in [0.3, 0.4) is 0 Å². The molecular formula is C16H15BrO3. The van der Waals surface area contributed by atoms with Gasteiger partial charge in [0.25, 0.3) is 5.79 Å². The van der Waals surface area contributed by atoms with E-state index >= 15 is 0 Å². The quantitative estimate of drug-likeness (QED) is 0.827. The molecule has 0 saturated heterocycles. The average Bonchev–Trinajstić information content (AvgIpc) is 2.47. The number of para-hydroxylation sites is 2. The van der Waals surface area contributed by atoms with E-state index in [2.05, 4.69) is 15.9 Å². The van der Waals surface area contributed by atoms with Crippen molar-refractivity contribution in [1.82, 2.24) is 0 Å². The molecule has 1 heterocycles. The van der Waals surface area contributed by atoms with Crippen molar-refractivity contribution < 1.29 is 14.2 Å². The van der Waals surface area contributed by atoms with Gasteiger partial charge >= 0.3 is 0 Å². The first-order valence-corrected chi connectivity index (χ1v) is 7.21. The normalized spacial score (nSPS) is 24.4. The van der Waals surface area contributed by atoms with Crippen LogP contribution < -0.4 is 9.47 Å². The fraction of sp³-hybridized carbons (Fsp3) is 0.250. The molecule has 0 spiro atoms. The second-order valence-corrected chi connectivity index (χ2v) is 5.60. The van der Waals surface area contributed by atoms with E-state index in [-0.39, 0.29) is 6.10 Å². The number of methoxy groups -OCH3 is 1. The molecule has 0 fully saturated rings. The topological polar surface area (TPSA) is 27.7 Å². The average molecular weight is 335 g/mol. The van der Waals surface area contributed by atoms with Crippen LogP contribution in [-0.2, 0) is 10.5 Å². The lowest BCUT2D eigenvalue weighted by Crippen LogP contribution is -2.50. The molecule has 20 heavy (non-hydrogen) atoms. The predicted octanol–water partition coefficient (Wildman–Crippen LogP) is 4.11. The van der Waals surface area contributed by atoms with E-state index in [1.165, 1.54) is 0 Å². The lowest BCUT2D eigenvalue weighted by Gasteiger charge is -2.41. The molecule has 0 N–H and O–H groups in total. The highest BCUT2D eigenvalue weighted by molar-refractivity contribution is 9.10. The molecule has 0 amide bonds. The maximum absolute atomic E-state index is 6.14. The summed E-state index contributed by atoms with van der Waals surface area (Å²) in [5, 5.41) is 0. The summed E-state index contributed by atoms with van der Waals surface area (Å²) < 4.78 is 18.8. The van der Waals surface area contributed by atoms with Crippen LogP contribution in [0.2, 0.25) is 0 Å². The predicted molar refractivity (Wildman–Crippen MR) is 80.0 cm³/mol. The minimum Gasteiger partial charge on any atom is -0.480 e. The van der Waals surface area contributed by atoms with Crippen molar-refractivity contribution in [2.75, 3.05) is 7.11 Å². The van der Waals surface area contributed by atoms with Gasteiger partial charge in [-0.15, -0.1) is 0 Å². The first kappa shape index (κ1) is 13.5. The molecule has 104 valence electrons. The van der Waals surface area contributed by atoms with Crippen LogP contribution in [0.1, 0.15) is 12.5 Å². The van der Waals surface area contributed by atoms with Crippen LogP contribution in [0.15, 0.2) is 53.0 Å². The third kappa shape index (κ3) is 2.09. The van der Waals surface area contributed by atoms with E-state index in [0.717, 1.165) is 15.8 Å². The zero-order valence-corrected chi connectivity index (χ0v) is 12.9. The van der Waals surface area contributed by atoms with E-state index in [1.54, 1.807) is 7.11 Å². The monoisotopic (exact) mass is 334 g/mol. The van der Waals surface area contributed by atoms with Gasteiger partial charge in [-0.2, -0.15) is 0 Å². The summed E-state index contributed by atoms with van der Waals surface area (Å²) in [5.74, 6) is 0.495. The summed E-state index contributed by atoms with van der Waals surface area (Å²) in [6.45, 7) is 1.95. The lowest BCUT2D eigenvalue weighted by molar-refractivity contribution is -0.235. The van der Waals surface area contributed by atoms with Crippen LogP contribution in [0.25, 0.3) is 0 Å². The van der Waals surface area contributed by atoms with E-state index in [1.807, 2.05) is 55.5 Å². The third-order valence-electron chi connectivity index (χ3n) is 3.50. The Kier molecular flexibility index (Phi) is 3.44. The Labute approximate surface area is 126 Å². The molecule has 0 radical (unpaired) electrons. The molecule has 2 aromatic rings. The Balaban J connectivity index is 2.07. The van der Waals surface area contributed by atoms with Gasteiger partial charge in [0.2, 0.25) is 0 Å². The van der Waals surface area contributed by atoms with Crippen molar-refractivity contribution in [3.05, 3.63) is 58.6 Å². The zero-order chi connectivity index (χ0) is 14.2. The van der Waals surface area contributed by atoms with Crippen molar-refractivity contribution in [2.24, 2.45) is 0 Å². The zero-order valence-electron chi connectivity index (χ0n) is 11.3. The summed E-state index contributed by atoms with van der Waals surface area (Å²) in [7, 11) is 1.63. The van der Waals surface area contributed by atoms with E-state index < -0.39 is 5.79 Å². The molecule has 2 atom stereocenters. The van der Waals surface area contributed by atoms with Crippen molar-refractivity contribution >= 4 is 15.9 Å². The smallest absolute Gasteiger partial charge is 0.274 e. The highest BCUT2D eigenvalue weighted by Gasteiger charge is 2.46. The fourth-order valence-corrected chi connectivity index (χ4v) is 2.71. The Hall–Kier alpha value is -1.52. The van der Waals surface area contributed by atoms with Gasteiger partial charge < -0.3 is 14.2 Å². The maximum Gasteiger partial charge on any atom is 0.274 e. The fourth-order valence-electron chi connectivity index (χ4n) is 2.45. The number of halogens is 1. The first-order chi connectivity index (χ1) is 9.65. The van der Waals surface area contributed by atoms with E-state index in [9.17, 15) is 0 Å². The molecule has 0 aliphatic carbocycles. The molecule has 1 aliphatic heterocycles. The van der Waals surface area contributed by atoms with Crippen LogP contribution in [0, 0.1) is 0 Å². The summed E-state index contributed by atoms with van der Waals surface area (Å²) in [6.07, 6.45) is -0.261. The number of hydrogen-bond acceptors (Lipinski definition) is 3. The number of hydrogen-bond donors (Lipinski definition) is 0.